The molecule has 0 aromatic carbocycles. The number of nitrogens with two attached hydrogens (primary N) is 1. The molecule has 1 saturated heterocycles. The number of hydrogen-bond donors (Lipinski definition) is 1. The summed E-state index contributed by atoms with van der Waals surface area (Å²) < 4.78 is 0. The molecule has 0 bridgehead atoms. The minimum atomic E-state index is -0.152. The van der Waals surface area contributed by atoms with Crippen LogP contribution in [0.3, 0.4) is 0 Å². The summed E-state index contributed by atoms with van der Waals surface area (Å²) in [6.45, 7) is 4.35. The third kappa shape index (κ3) is 1.90. The molecule has 0 aromatic heterocycles. The molecule has 0 saturated carbocycles. The van der Waals surface area contributed by atoms with Crippen LogP contribution in [0.5, 0.6) is 0 Å². The first kappa shape index (κ1) is 12.3. The Morgan fingerprint density at radius 1 is 1.24 bits per heavy atom. The van der Waals surface area contributed by atoms with E-state index in [1.807, 2.05) is 26.0 Å². The second kappa shape index (κ2) is 4.61. The zero-order valence-electron chi connectivity index (χ0n) is 10.4. The van der Waals surface area contributed by atoms with E-state index < -0.39 is 0 Å². The number of carbonyl (C=O) groups excluding carboxylic acids is 2. The Morgan fingerprint density at radius 2 is 1.71 bits per heavy atom. The van der Waals surface area contributed by atoms with Crippen LogP contribution in [0.2, 0.25) is 0 Å². The number of carbonyl (C=O) groups is 2. The predicted molar refractivity (Wildman–Crippen MR) is 64.9 cm³/mol. The van der Waals surface area contributed by atoms with Crippen LogP contribution < -0.4 is 5.73 Å². The molecule has 0 aromatic rings. The van der Waals surface area contributed by atoms with Crippen LogP contribution in [0, 0.1) is 17.8 Å². The highest BCUT2D eigenvalue weighted by molar-refractivity contribution is 6.05. The molecule has 2 rings (SSSR count). The number of fused-ring (bicyclic) bond motifs is 1. The van der Waals surface area contributed by atoms with Crippen molar-refractivity contribution < 1.29 is 9.59 Å². The Morgan fingerprint density at radius 3 is 2.06 bits per heavy atom. The van der Waals surface area contributed by atoms with E-state index in [-0.39, 0.29) is 35.6 Å². The highest BCUT2D eigenvalue weighted by Crippen LogP contribution is 2.36. The molecule has 1 heterocycles. The molecular formula is C13H20N2O2. The summed E-state index contributed by atoms with van der Waals surface area (Å²) in [6.07, 6.45) is 5.40. The average Bonchev–Trinajstić information content (AvgIpc) is 2.56. The van der Waals surface area contributed by atoms with Gasteiger partial charge >= 0.3 is 0 Å². The first-order chi connectivity index (χ1) is 8.07. The average molecular weight is 236 g/mol. The van der Waals surface area contributed by atoms with Crippen LogP contribution in [-0.2, 0) is 9.59 Å². The van der Waals surface area contributed by atoms with Crippen molar-refractivity contribution in [2.45, 2.75) is 32.7 Å². The number of nitrogens with zero attached hydrogens (tertiary/aromatic N) is 1. The summed E-state index contributed by atoms with van der Waals surface area (Å²) in [4.78, 5) is 26.0. The smallest absolute Gasteiger partial charge is 0.233 e. The predicted octanol–water partition coefficient (Wildman–Crippen LogP) is 0.921. The van der Waals surface area contributed by atoms with Gasteiger partial charge in [0.25, 0.3) is 0 Å². The molecule has 94 valence electrons. The lowest BCUT2D eigenvalue weighted by atomic mass is 9.85. The van der Waals surface area contributed by atoms with E-state index >= 15 is 0 Å². The van der Waals surface area contributed by atoms with Crippen LogP contribution >= 0.6 is 0 Å². The van der Waals surface area contributed by atoms with Crippen molar-refractivity contribution in [3.63, 3.8) is 0 Å². The van der Waals surface area contributed by atoms with E-state index in [1.165, 1.54) is 4.90 Å². The summed E-state index contributed by atoms with van der Waals surface area (Å²) in [5.74, 6) is -0.108. The quantitative estimate of drug-likeness (QED) is 0.585. The van der Waals surface area contributed by atoms with Crippen molar-refractivity contribution >= 4 is 11.8 Å². The van der Waals surface area contributed by atoms with Crippen molar-refractivity contribution in [3.8, 4) is 0 Å². The Balaban J connectivity index is 2.25. The Hall–Kier alpha value is -1.16. The first-order valence-electron chi connectivity index (χ1n) is 6.30. The summed E-state index contributed by atoms with van der Waals surface area (Å²) in [6, 6.07) is -0.152. The van der Waals surface area contributed by atoms with Gasteiger partial charge in [-0.1, -0.05) is 26.0 Å². The lowest BCUT2D eigenvalue weighted by Gasteiger charge is -2.28. The van der Waals surface area contributed by atoms with Gasteiger partial charge in [-0.2, -0.15) is 0 Å². The Labute approximate surface area is 102 Å². The number of likely N-dealkylation sites (tertiary alicyclic amines) is 1. The molecule has 4 heteroatoms. The monoisotopic (exact) mass is 236 g/mol. The summed E-state index contributed by atoms with van der Waals surface area (Å²) in [5.41, 5.74) is 5.71. The minimum Gasteiger partial charge on any atom is -0.328 e. The van der Waals surface area contributed by atoms with Gasteiger partial charge in [0.05, 0.1) is 17.9 Å². The van der Waals surface area contributed by atoms with Gasteiger partial charge in [0.15, 0.2) is 0 Å². The topological polar surface area (TPSA) is 63.4 Å². The van der Waals surface area contributed by atoms with Gasteiger partial charge in [0, 0.05) is 6.54 Å². The molecular weight excluding hydrogens is 216 g/mol. The molecule has 1 aliphatic carbocycles. The lowest BCUT2D eigenvalue weighted by molar-refractivity contribution is -0.143. The van der Waals surface area contributed by atoms with Crippen LogP contribution in [0.25, 0.3) is 0 Å². The largest absolute Gasteiger partial charge is 0.328 e. The third-order valence-electron chi connectivity index (χ3n) is 3.88. The number of imide groups is 1. The van der Waals surface area contributed by atoms with Crippen molar-refractivity contribution in [2.24, 2.45) is 23.5 Å². The Kier molecular flexibility index (Phi) is 3.33. The van der Waals surface area contributed by atoms with E-state index in [1.54, 1.807) is 0 Å². The van der Waals surface area contributed by atoms with Crippen molar-refractivity contribution in [1.29, 1.82) is 0 Å². The molecule has 1 fully saturated rings. The zero-order valence-corrected chi connectivity index (χ0v) is 10.4. The molecule has 2 N–H and O–H groups in total. The van der Waals surface area contributed by atoms with Gasteiger partial charge < -0.3 is 5.73 Å². The van der Waals surface area contributed by atoms with Gasteiger partial charge in [0.2, 0.25) is 11.8 Å². The Bertz CT molecular complexity index is 336. The van der Waals surface area contributed by atoms with E-state index in [2.05, 4.69) is 0 Å². The molecule has 3 atom stereocenters. The minimum absolute atomic E-state index is 0.0199. The van der Waals surface area contributed by atoms with E-state index in [9.17, 15) is 9.59 Å². The van der Waals surface area contributed by atoms with Gasteiger partial charge in [-0.25, -0.2) is 0 Å². The number of amides is 2. The summed E-state index contributed by atoms with van der Waals surface area (Å²) in [7, 11) is 0. The number of hydrogen-bond acceptors (Lipinski definition) is 3. The van der Waals surface area contributed by atoms with Gasteiger partial charge in [-0.3, -0.25) is 14.5 Å². The second-order valence-corrected chi connectivity index (χ2v) is 5.25. The van der Waals surface area contributed by atoms with E-state index in [4.69, 9.17) is 5.73 Å². The fourth-order valence-corrected chi connectivity index (χ4v) is 2.83. The normalized spacial score (nSPS) is 30.0. The van der Waals surface area contributed by atoms with Crippen LogP contribution in [0.4, 0.5) is 0 Å². The zero-order chi connectivity index (χ0) is 12.6. The highest BCUT2D eigenvalue weighted by atomic mass is 16.2. The maximum Gasteiger partial charge on any atom is 0.233 e. The van der Waals surface area contributed by atoms with Gasteiger partial charge in [0.1, 0.15) is 0 Å². The van der Waals surface area contributed by atoms with Crippen molar-refractivity contribution in [3.05, 3.63) is 12.2 Å². The SMILES string of the molecule is CC(C)C(CN)N1C(=O)[C@H]2CC=CC[C@H]2C1=O. The number of rotatable bonds is 3. The summed E-state index contributed by atoms with van der Waals surface area (Å²) in [5, 5.41) is 0. The maximum atomic E-state index is 12.3. The van der Waals surface area contributed by atoms with Crippen molar-refractivity contribution in [1.82, 2.24) is 4.90 Å². The second-order valence-electron chi connectivity index (χ2n) is 5.25. The molecule has 2 amide bonds. The van der Waals surface area contributed by atoms with Crippen LogP contribution in [0.1, 0.15) is 26.7 Å². The molecule has 4 nitrogen and oxygen atoms in total. The highest BCUT2D eigenvalue weighted by Gasteiger charge is 2.49. The fraction of sp³-hybridized carbons (Fsp3) is 0.692. The molecule has 17 heavy (non-hydrogen) atoms. The molecule has 2 aliphatic rings. The van der Waals surface area contributed by atoms with Gasteiger partial charge in [-0.15, -0.1) is 0 Å². The summed E-state index contributed by atoms with van der Waals surface area (Å²) >= 11 is 0. The molecule has 1 unspecified atom stereocenters. The number of allylic oxidation sites excluding steroid dienone is 2. The molecule has 1 aliphatic heterocycles. The van der Waals surface area contributed by atoms with Crippen LogP contribution in [-0.4, -0.2) is 29.3 Å². The lowest BCUT2D eigenvalue weighted by Crippen LogP contribution is -2.47. The van der Waals surface area contributed by atoms with Crippen LogP contribution in [0.15, 0.2) is 12.2 Å². The third-order valence-corrected chi connectivity index (χ3v) is 3.88. The molecule has 0 radical (unpaired) electrons. The van der Waals surface area contributed by atoms with Gasteiger partial charge in [-0.05, 0) is 18.8 Å². The fourth-order valence-electron chi connectivity index (χ4n) is 2.83. The maximum absolute atomic E-state index is 12.3. The van der Waals surface area contributed by atoms with E-state index in [0.717, 1.165) is 0 Å². The standard InChI is InChI=1S/C13H20N2O2/c1-8(2)11(7-14)15-12(16)9-5-3-4-6-10(9)13(15)17/h3-4,8-11H,5-7,14H2,1-2H3/t9-,10+,11?. The van der Waals surface area contributed by atoms with E-state index in [0.29, 0.717) is 19.4 Å². The molecule has 0 spiro atoms. The first-order valence-corrected chi connectivity index (χ1v) is 6.30. The van der Waals surface area contributed by atoms with Crippen molar-refractivity contribution in [2.75, 3.05) is 6.54 Å².